The molecule has 0 unspecified atom stereocenters. The Balaban J connectivity index is 1.43. The standard InChI is InChI=1S/C16H23BrN2O2/c17-12-10-15(19(11-12)13-6-7-13)16(20)18-8-9-21-14-4-2-1-3-5-14/h10-11,13-14H,1-9H2,(H,18,20). The van der Waals surface area contributed by atoms with Gasteiger partial charge >= 0.3 is 0 Å². The SMILES string of the molecule is O=C(NCCOC1CCCCC1)c1cc(Br)cn1C1CC1. The maximum absolute atomic E-state index is 12.3. The minimum atomic E-state index is -0.000144. The first-order valence-corrected chi connectivity index (χ1v) is 8.80. The fourth-order valence-electron chi connectivity index (χ4n) is 2.99. The number of amides is 1. The summed E-state index contributed by atoms with van der Waals surface area (Å²) >= 11 is 3.46. The predicted molar refractivity (Wildman–Crippen MR) is 85.6 cm³/mol. The molecule has 0 atom stereocenters. The largest absolute Gasteiger partial charge is 0.376 e. The summed E-state index contributed by atoms with van der Waals surface area (Å²) in [6.07, 6.45) is 11.0. The van der Waals surface area contributed by atoms with Crippen LogP contribution in [0, 0.1) is 0 Å². The van der Waals surface area contributed by atoms with Crippen molar-refractivity contribution in [2.75, 3.05) is 13.2 Å². The maximum atomic E-state index is 12.3. The van der Waals surface area contributed by atoms with E-state index in [1.54, 1.807) is 0 Å². The van der Waals surface area contributed by atoms with Crippen LogP contribution < -0.4 is 5.32 Å². The Labute approximate surface area is 134 Å². The molecule has 0 radical (unpaired) electrons. The average Bonchev–Trinajstić information content (AvgIpc) is 3.27. The van der Waals surface area contributed by atoms with Crippen LogP contribution in [0.3, 0.4) is 0 Å². The molecule has 21 heavy (non-hydrogen) atoms. The molecule has 1 amide bonds. The Kier molecular flexibility index (Phi) is 5.01. The monoisotopic (exact) mass is 354 g/mol. The molecule has 1 aromatic rings. The van der Waals surface area contributed by atoms with Gasteiger partial charge in [-0.05, 0) is 47.7 Å². The summed E-state index contributed by atoms with van der Waals surface area (Å²) in [5.74, 6) is -0.000144. The Morgan fingerprint density at radius 3 is 2.76 bits per heavy atom. The molecule has 1 N–H and O–H groups in total. The molecule has 4 nitrogen and oxygen atoms in total. The van der Waals surface area contributed by atoms with Crippen LogP contribution in [0.15, 0.2) is 16.7 Å². The lowest BCUT2D eigenvalue weighted by atomic mass is 9.98. The zero-order chi connectivity index (χ0) is 14.7. The second kappa shape index (κ2) is 6.97. The zero-order valence-corrected chi connectivity index (χ0v) is 13.9. The van der Waals surface area contributed by atoms with E-state index in [0.717, 1.165) is 10.2 Å². The predicted octanol–water partition coefficient (Wildman–Crippen LogP) is 3.66. The van der Waals surface area contributed by atoms with Crippen LogP contribution in [0.5, 0.6) is 0 Å². The molecule has 1 aromatic heterocycles. The lowest BCUT2D eigenvalue weighted by Gasteiger charge is -2.22. The number of hydrogen-bond donors (Lipinski definition) is 1. The number of carbonyl (C=O) groups excluding carboxylic acids is 1. The Bertz CT molecular complexity index is 490. The average molecular weight is 355 g/mol. The first-order valence-electron chi connectivity index (χ1n) is 8.01. The number of halogens is 1. The summed E-state index contributed by atoms with van der Waals surface area (Å²) in [6, 6.07) is 2.41. The van der Waals surface area contributed by atoms with Gasteiger partial charge in [0.15, 0.2) is 0 Å². The zero-order valence-electron chi connectivity index (χ0n) is 12.3. The smallest absolute Gasteiger partial charge is 0.268 e. The van der Waals surface area contributed by atoms with E-state index in [1.165, 1.54) is 44.9 Å². The van der Waals surface area contributed by atoms with Gasteiger partial charge in [0.2, 0.25) is 0 Å². The number of rotatable bonds is 6. The van der Waals surface area contributed by atoms with Crippen LogP contribution in [-0.2, 0) is 4.74 Å². The van der Waals surface area contributed by atoms with E-state index in [4.69, 9.17) is 4.74 Å². The van der Waals surface area contributed by atoms with E-state index in [0.29, 0.717) is 25.3 Å². The van der Waals surface area contributed by atoms with Gasteiger partial charge in [0.05, 0.1) is 12.7 Å². The first-order chi connectivity index (χ1) is 10.2. The Morgan fingerprint density at radius 2 is 2.05 bits per heavy atom. The highest BCUT2D eigenvalue weighted by atomic mass is 79.9. The third-order valence-corrected chi connectivity index (χ3v) is 4.72. The first kappa shape index (κ1) is 15.1. The van der Waals surface area contributed by atoms with E-state index in [-0.39, 0.29) is 5.91 Å². The second-order valence-electron chi connectivity index (χ2n) is 6.07. The van der Waals surface area contributed by atoms with Gasteiger partial charge < -0.3 is 14.6 Å². The quantitative estimate of drug-likeness (QED) is 0.792. The van der Waals surface area contributed by atoms with Crippen LogP contribution in [0.1, 0.15) is 61.5 Å². The molecule has 0 aliphatic heterocycles. The molecule has 0 saturated heterocycles. The van der Waals surface area contributed by atoms with E-state index in [9.17, 15) is 4.79 Å². The molecule has 1 heterocycles. The Hall–Kier alpha value is -0.810. The third-order valence-electron chi connectivity index (χ3n) is 4.28. The molecular formula is C16H23BrN2O2. The molecule has 0 spiro atoms. The molecule has 2 fully saturated rings. The molecular weight excluding hydrogens is 332 g/mol. The maximum Gasteiger partial charge on any atom is 0.268 e. The Morgan fingerprint density at radius 1 is 1.29 bits per heavy atom. The number of hydrogen-bond acceptors (Lipinski definition) is 2. The van der Waals surface area contributed by atoms with E-state index >= 15 is 0 Å². The number of ether oxygens (including phenoxy) is 1. The van der Waals surface area contributed by atoms with Gasteiger partial charge in [-0.15, -0.1) is 0 Å². The van der Waals surface area contributed by atoms with Crippen molar-refractivity contribution in [3.8, 4) is 0 Å². The van der Waals surface area contributed by atoms with Crippen molar-refractivity contribution in [1.82, 2.24) is 9.88 Å². The molecule has 0 bridgehead atoms. The van der Waals surface area contributed by atoms with Crippen LogP contribution >= 0.6 is 15.9 Å². The highest BCUT2D eigenvalue weighted by molar-refractivity contribution is 9.10. The lowest BCUT2D eigenvalue weighted by molar-refractivity contribution is 0.0299. The van der Waals surface area contributed by atoms with Crippen LogP contribution in [-0.4, -0.2) is 29.7 Å². The molecule has 3 rings (SSSR count). The highest BCUT2D eigenvalue weighted by Crippen LogP contribution is 2.37. The molecule has 2 aliphatic carbocycles. The number of aromatic nitrogens is 1. The number of nitrogens with one attached hydrogen (secondary N) is 1. The van der Waals surface area contributed by atoms with Gasteiger partial charge in [-0.3, -0.25) is 4.79 Å². The summed E-state index contributed by atoms with van der Waals surface area (Å²) in [7, 11) is 0. The summed E-state index contributed by atoms with van der Waals surface area (Å²) in [5, 5.41) is 2.97. The summed E-state index contributed by atoms with van der Waals surface area (Å²) in [4.78, 5) is 12.3. The van der Waals surface area contributed by atoms with E-state index < -0.39 is 0 Å². The fourth-order valence-corrected chi connectivity index (χ4v) is 3.43. The van der Waals surface area contributed by atoms with Crippen LogP contribution in [0.25, 0.3) is 0 Å². The van der Waals surface area contributed by atoms with Crippen LogP contribution in [0.2, 0.25) is 0 Å². The summed E-state index contributed by atoms with van der Waals surface area (Å²) in [6.45, 7) is 1.20. The van der Waals surface area contributed by atoms with E-state index in [1.807, 2.05) is 12.3 Å². The molecule has 2 aliphatic rings. The van der Waals surface area contributed by atoms with Gasteiger partial charge in [-0.1, -0.05) is 19.3 Å². The highest BCUT2D eigenvalue weighted by Gasteiger charge is 2.27. The van der Waals surface area contributed by atoms with Crippen molar-refractivity contribution in [3.05, 3.63) is 22.4 Å². The molecule has 2 saturated carbocycles. The van der Waals surface area contributed by atoms with Gasteiger partial charge in [0, 0.05) is 23.3 Å². The summed E-state index contributed by atoms with van der Waals surface area (Å²) in [5.41, 5.74) is 0.752. The lowest BCUT2D eigenvalue weighted by Crippen LogP contribution is -2.30. The van der Waals surface area contributed by atoms with Crippen molar-refractivity contribution in [2.45, 2.75) is 57.1 Å². The minimum Gasteiger partial charge on any atom is -0.376 e. The third kappa shape index (κ3) is 4.10. The van der Waals surface area contributed by atoms with E-state index in [2.05, 4.69) is 25.8 Å². The topological polar surface area (TPSA) is 43.3 Å². The molecule has 116 valence electrons. The van der Waals surface area contributed by atoms with Crippen molar-refractivity contribution >= 4 is 21.8 Å². The fraction of sp³-hybridized carbons (Fsp3) is 0.688. The van der Waals surface area contributed by atoms with Crippen LogP contribution in [0.4, 0.5) is 0 Å². The summed E-state index contributed by atoms with van der Waals surface area (Å²) < 4.78 is 8.89. The van der Waals surface area contributed by atoms with Gasteiger partial charge in [-0.25, -0.2) is 0 Å². The van der Waals surface area contributed by atoms with Crippen molar-refractivity contribution in [2.24, 2.45) is 0 Å². The van der Waals surface area contributed by atoms with Crippen molar-refractivity contribution in [3.63, 3.8) is 0 Å². The normalized spacial score (nSPS) is 19.7. The minimum absolute atomic E-state index is 0.000144. The number of carbonyl (C=O) groups is 1. The van der Waals surface area contributed by atoms with Crippen molar-refractivity contribution in [1.29, 1.82) is 0 Å². The van der Waals surface area contributed by atoms with Gasteiger partial charge in [0.1, 0.15) is 5.69 Å². The second-order valence-corrected chi connectivity index (χ2v) is 6.98. The van der Waals surface area contributed by atoms with Crippen molar-refractivity contribution < 1.29 is 9.53 Å². The van der Waals surface area contributed by atoms with Gasteiger partial charge in [-0.2, -0.15) is 0 Å². The van der Waals surface area contributed by atoms with Gasteiger partial charge in [0.25, 0.3) is 5.91 Å². The molecule has 5 heteroatoms. The molecule has 0 aromatic carbocycles. The number of nitrogens with zero attached hydrogens (tertiary/aromatic N) is 1.